The summed E-state index contributed by atoms with van der Waals surface area (Å²) in [6.07, 6.45) is 4.94. The van der Waals surface area contributed by atoms with Crippen molar-refractivity contribution in [1.82, 2.24) is 25.5 Å². The van der Waals surface area contributed by atoms with Gasteiger partial charge < -0.3 is 4.90 Å². The number of sulfone groups is 1. The number of tetrazole rings is 1. The average Bonchev–Trinajstić information content (AvgIpc) is 3.34. The molecular weight excluding hydrogens is 354 g/mol. The lowest BCUT2D eigenvalue weighted by Crippen LogP contribution is -2.40. The van der Waals surface area contributed by atoms with Crippen molar-refractivity contribution < 1.29 is 13.2 Å². The standard InChI is InChI=1S/C17H21N5O3S/c1-26(24,25)14-6-2-5-13(15(14)16-18-20-21-19-16)12-4-3-9-22(10-12)17(23)11-7-8-11/h2,5-6,11-12H,3-4,7-10H2,1H3,(H,18,19,20,21). The second-order valence-electron chi connectivity index (χ2n) is 7.13. The zero-order valence-corrected chi connectivity index (χ0v) is 15.4. The molecule has 2 fully saturated rings. The fraction of sp³-hybridized carbons (Fsp3) is 0.529. The highest BCUT2D eigenvalue weighted by Gasteiger charge is 2.36. The van der Waals surface area contributed by atoms with E-state index in [4.69, 9.17) is 0 Å². The van der Waals surface area contributed by atoms with Crippen LogP contribution in [0.25, 0.3) is 11.4 Å². The number of aromatic amines is 1. The van der Waals surface area contributed by atoms with E-state index in [-0.39, 0.29) is 28.5 Å². The van der Waals surface area contributed by atoms with Crippen LogP contribution in [0.2, 0.25) is 0 Å². The molecule has 1 amide bonds. The molecular formula is C17H21N5O3S. The number of piperidine rings is 1. The Hall–Kier alpha value is -2.29. The molecule has 26 heavy (non-hydrogen) atoms. The second-order valence-corrected chi connectivity index (χ2v) is 9.11. The first-order valence-electron chi connectivity index (χ1n) is 8.80. The van der Waals surface area contributed by atoms with Crippen molar-refractivity contribution in [2.24, 2.45) is 5.92 Å². The quantitative estimate of drug-likeness (QED) is 0.865. The van der Waals surface area contributed by atoms with Crippen LogP contribution < -0.4 is 0 Å². The molecule has 1 saturated carbocycles. The van der Waals surface area contributed by atoms with E-state index >= 15 is 0 Å². The van der Waals surface area contributed by atoms with Crippen LogP contribution in [0.4, 0.5) is 0 Å². The first-order chi connectivity index (χ1) is 12.4. The van der Waals surface area contributed by atoms with E-state index in [0.717, 1.165) is 37.8 Å². The van der Waals surface area contributed by atoms with Gasteiger partial charge in [-0.05, 0) is 42.5 Å². The van der Waals surface area contributed by atoms with Crippen LogP contribution in [0, 0.1) is 5.92 Å². The van der Waals surface area contributed by atoms with Crippen molar-refractivity contribution >= 4 is 15.7 Å². The Kier molecular flexibility index (Phi) is 4.26. The third kappa shape index (κ3) is 3.23. The third-order valence-electron chi connectivity index (χ3n) is 5.13. The molecule has 0 bridgehead atoms. The summed E-state index contributed by atoms with van der Waals surface area (Å²) >= 11 is 0. The maximum Gasteiger partial charge on any atom is 0.225 e. The number of aromatic nitrogens is 4. The Morgan fingerprint density at radius 2 is 2.08 bits per heavy atom. The number of hydrogen-bond donors (Lipinski definition) is 1. The fourth-order valence-electron chi connectivity index (χ4n) is 3.72. The summed E-state index contributed by atoms with van der Waals surface area (Å²) < 4.78 is 24.6. The highest BCUT2D eigenvalue weighted by atomic mass is 32.2. The van der Waals surface area contributed by atoms with E-state index in [1.165, 1.54) is 6.26 Å². The van der Waals surface area contributed by atoms with Gasteiger partial charge in [0.05, 0.1) is 4.90 Å². The van der Waals surface area contributed by atoms with Crippen molar-refractivity contribution in [3.05, 3.63) is 23.8 Å². The first kappa shape index (κ1) is 17.1. The first-order valence-corrected chi connectivity index (χ1v) is 10.7. The van der Waals surface area contributed by atoms with Gasteiger partial charge in [-0.15, -0.1) is 10.2 Å². The maximum atomic E-state index is 12.5. The number of rotatable bonds is 4. The topological polar surface area (TPSA) is 109 Å². The van der Waals surface area contributed by atoms with Crippen LogP contribution in [-0.2, 0) is 14.6 Å². The molecule has 2 aromatic rings. The number of hydrogen-bond acceptors (Lipinski definition) is 6. The molecule has 0 radical (unpaired) electrons. The van der Waals surface area contributed by atoms with Gasteiger partial charge in [0.15, 0.2) is 9.84 Å². The van der Waals surface area contributed by atoms with E-state index in [1.54, 1.807) is 12.1 Å². The molecule has 1 N–H and O–H groups in total. The Morgan fingerprint density at radius 1 is 1.27 bits per heavy atom. The third-order valence-corrected chi connectivity index (χ3v) is 6.27. The normalized spacial score (nSPS) is 21.0. The van der Waals surface area contributed by atoms with E-state index in [9.17, 15) is 13.2 Å². The minimum absolute atomic E-state index is 0.0571. The van der Waals surface area contributed by atoms with Gasteiger partial charge in [0, 0.05) is 36.7 Å². The predicted octanol–water partition coefficient (Wildman–Crippen LogP) is 1.39. The van der Waals surface area contributed by atoms with Crippen molar-refractivity contribution in [2.75, 3.05) is 19.3 Å². The molecule has 1 atom stereocenters. The van der Waals surface area contributed by atoms with Crippen molar-refractivity contribution in [3.63, 3.8) is 0 Å². The highest BCUT2D eigenvalue weighted by molar-refractivity contribution is 7.90. The number of carbonyl (C=O) groups excluding carboxylic acids is 1. The number of nitrogens with one attached hydrogen (secondary N) is 1. The SMILES string of the molecule is CS(=O)(=O)c1cccc(C2CCCN(C(=O)C3CC3)C2)c1-c1nn[nH]n1. The van der Waals surface area contributed by atoms with Crippen LogP contribution in [-0.4, -0.2) is 59.2 Å². The summed E-state index contributed by atoms with van der Waals surface area (Å²) in [4.78, 5) is 14.6. The largest absolute Gasteiger partial charge is 0.342 e. The van der Waals surface area contributed by atoms with Gasteiger partial charge >= 0.3 is 0 Å². The number of amides is 1. The highest BCUT2D eigenvalue weighted by Crippen LogP contribution is 2.38. The molecule has 1 saturated heterocycles. The summed E-state index contributed by atoms with van der Waals surface area (Å²) in [6.45, 7) is 1.38. The Labute approximate surface area is 151 Å². The molecule has 1 aromatic heterocycles. The predicted molar refractivity (Wildman–Crippen MR) is 94.0 cm³/mol. The van der Waals surface area contributed by atoms with Crippen LogP contribution in [0.3, 0.4) is 0 Å². The van der Waals surface area contributed by atoms with Gasteiger partial charge in [-0.1, -0.05) is 12.1 Å². The fourth-order valence-corrected chi connectivity index (χ4v) is 4.63. The summed E-state index contributed by atoms with van der Waals surface area (Å²) in [6, 6.07) is 5.23. The van der Waals surface area contributed by atoms with Crippen molar-refractivity contribution in [1.29, 1.82) is 0 Å². The zero-order chi connectivity index (χ0) is 18.3. The van der Waals surface area contributed by atoms with Gasteiger partial charge in [-0.2, -0.15) is 5.21 Å². The molecule has 2 aliphatic rings. The van der Waals surface area contributed by atoms with Crippen LogP contribution in [0.5, 0.6) is 0 Å². The van der Waals surface area contributed by atoms with Gasteiger partial charge in [0.25, 0.3) is 0 Å². The lowest BCUT2D eigenvalue weighted by molar-refractivity contribution is -0.133. The Morgan fingerprint density at radius 3 is 2.73 bits per heavy atom. The number of nitrogens with zero attached hydrogens (tertiary/aromatic N) is 4. The van der Waals surface area contributed by atoms with Crippen LogP contribution in [0.15, 0.2) is 23.1 Å². The molecule has 2 heterocycles. The van der Waals surface area contributed by atoms with Crippen LogP contribution in [0.1, 0.15) is 37.2 Å². The summed E-state index contributed by atoms with van der Waals surface area (Å²) in [7, 11) is -3.46. The van der Waals surface area contributed by atoms with Crippen molar-refractivity contribution in [3.8, 4) is 11.4 Å². The number of likely N-dealkylation sites (tertiary alicyclic amines) is 1. The summed E-state index contributed by atoms with van der Waals surface area (Å²) in [5.41, 5.74) is 1.36. The lowest BCUT2D eigenvalue weighted by Gasteiger charge is -2.34. The number of benzene rings is 1. The minimum Gasteiger partial charge on any atom is -0.342 e. The number of H-pyrrole nitrogens is 1. The lowest BCUT2D eigenvalue weighted by atomic mass is 9.87. The number of carbonyl (C=O) groups is 1. The smallest absolute Gasteiger partial charge is 0.225 e. The molecule has 9 heteroatoms. The monoisotopic (exact) mass is 375 g/mol. The van der Waals surface area contributed by atoms with Gasteiger partial charge in [-0.3, -0.25) is 4.79 Å². The Balaban J connectivity index is 1.75. The molecule has 8 nitrogen and oxygen atoms in total. The maximum absolute atomic E-state index is 12.5. The Bertz CT molecular complexity index is 922. The van der Waals surface area contributed by atoms with E-state index in [0.29, 0.717) is 12.1 Å². The molecule has 1 aliphatic heterocycles. The van der Waals surface area contributed by atoms with Gasteiger partial charge in [-0.25, -0.2) is 8.42 Å². The summed E-state index contributed by atoms with van der Waals surface area (Å²) in [5.74, 6) is 0.746. The van der Waals surface area contributed by atoms with E-state index in [2.05, 4.69) is 20.6 Å². The van der Waals surface area contributed by atoms with Crippen molar-refractivity contribution in [2.45, 2.75) is 36.5 Å². The molecule has 1 aromatic carbocycles. The second kappa shape index (κ2) is 6.46. The zero-order valence-electron chi connectivity index (χ0n) is 14.6. The van der Waals surface area contributed by atoms with E-state index in [1.807, 2.05) is 11.0 Å². The molecule has 1 aliphatic carbocycles. The molecule has 1 unspecified atom stereocenters. The van der Waals surface area contributed by atoms with Gasteiger partial charge in [0.2, 0.25) is 11.7 Å². The van der Waals surface area contributed by atoms with Gasteiger partial charge in [0.1, 0.15) is 0 Å². The average molecular weight is 375 g/mol. The summed E-state index contributed by atoms with van der Waals surface area (Å²) in [5, 5.41) is 14.0. The molecule has 138 valence electrons. The van der Waals surface area contributed by atoms with Crippen LogP contribution >= 0.6 is 0 Å². The minimum atomic E-state index is -3.46. The van der Waals surface area contributed by atoms with E-state index < -0.39 is 9.84 Å². The molecule has 4 rings (SSSR count). The molecule has 0 spiro atoms.